The van der Waals surface area contributed by atoms with E-state index in [9.17, 15) is 0 Å². The molecule has 0 unspecified atom stereocenters. The lowest BCUT2D eigenvalue weighted by Crippen LogP contribution is -2.30. The van der Waals surface area contributed by atoms with Crippen molar-refractivity contribution in [1.82, 2.24) is 19.8 Å². The first-order chi connectivity index (χ1) is 14.5. The van der Waals surface area contributed by atoms with Crippen LogP contribution in [-0.4, -0.2) is 26.1 Å². The third-order valence-corrected chi connectivity index (χ3v) is 6.43. The first kappa shape index (κ1) is 20.9. The minimum Gasteiger partial charge on any atom is -0.352 e. The van der Waals surface area contributed by atoms with Crippen LogP contribution in [0.1, 0.15) is 54.5 Å². The third-order valence-electron chi connectivity index (χ3n) is 5.82. The number of hydrogen-bond donors (Lipinski definition) is 1. The van der Waals surface area contributed by atoms with Crippen LogP contribution >= 0.6 is 23.8 Å². The zero-order valence-electron chi connectivity index (χ0n) is 17.6. The van der Waals surface area contributed by atoms with Gasteiger partial charge in [-0.3, -0.25) is 4.98 Å². The van der Waals surface area contributed by atoms with Gasteiger partial charge in [-0.25, -0.2) is 0 Å². The van der Waals surface area contributed by atoms with Crippen molar-refractivity contribution in [3.05, 3.63) is 82.4 Å². The summed E-state index contributed by atoms with van der Waals surface area (Å²) in [6.07, 6.45) is 4.08. The monoisotopic (exact) mass is 438 g/mol. The van der Waals surface area contributed by atoms with E-state index in [0.717, 1.165) is 40.9 Å². The SMILES string of the molecule is CCCCN1C(=S)N[C@H](c2ccccn2)[C@H]1c1cc(C)n(-c2ccc(Cl)cc2)c1C. The second-order valence-corrected chi connectivity index (χ2v) is 8.63. The molecular formula is C24H27ClN4S. The van der Waals surface area contributed by atoms with Gasteiger partial charge in [0, 0.05) is 34.8 Å². The third kappa shape index (κ3) is 3.84. The second-order valence-electron chi connectivity index (χ2n) is 7.81. The summed E-state index contributed by atoms with van der Waals surface area (Å²) in [6.45, 7) is 7.48. The molecule has 0 spiro atoms. The topological polar surface area (TPSA) is 33.1 Å². The number of halogens is 1. The Morgan fingerprint density at radius 3 is 2.57 bits per heavy atom. The van der Waals surface area contributed by atoms with Crippen molar-refractivity contribution in [2.75, 3.05) is 6.54 Å². The minimum atomic E-state index is 0.0229. The predicted octanol–water partition coefficient (Wildman–Crippen LogP) is 5.92. The number of benzene rings is 1. The molecule has 3 heterocycles. The molecule has 4 nitrogen and oxygen atoms in total. The van der Waals surface area contributed by atoms with Crippen molar-refractivity contribution in [2.45, 2.75) is 45.7 Å². The van der Waals surface area contributed by atoms with Gasteiger partial charge in [-0.1, -0.05) is 31.0 Å². The molecule has 2 atom stereocenters. The van der Waals surface area contributed by atoms with Crippen LogP contribution in [0.2, 0.25) is 5.02 Å². The summed E-state index contributed by atoms with van der Waals surface area (Å²) in [6, 6.07) is 16.5. The Morgan fingerprint density at radius 2 is 1.90 bits per heavy atom. The molecule has 1 aromatic carbocycles. The molecule has 1 saturated heterocycles. The van der Waals surface area contributed by atoms with Crippen LogP contribution in [0.3, 0.4) is 0 Å². The number of pyridine rings is 1. The fourth-order valence-corrected chi connectivity index (χ4v) is 4.85. The van der Waals surface area contributed by atoms with Gasteiger partial charge in [0.15, 0.2) is 5.11 Å². The van der Waals surface area contributed by atoms with Gasteiger partial charge in [-0.2, -0.15) is 0 Å². The highest BCUT2D eigenvalue weighted by Gasteiger charge is 2.41. The molecule has 1 N–H and O–H groups in total. The van der Waals surface area contributed by atoms with Gasteiger partial charge in [-0.05, 0) is 80.5 Å². The molecule has 1 fully saturated rings. The van der Waals surface area contributed by atoms with Crippen LogP contribution in [0.5, 0.6) is 0 Å². The summed E-state index contributed by atoms with van der Waals surface area (Å²) in [5.41, 5.74) is 5.82. The molecule has 2 aromatic heterocycles. The molecule has 1 aliphatic rings. The molecule has 1 aliphatic heterocycles. The van der Waals surface area contributed by atoms with Gasteiger partial charge >= 0.3 is 0 Å². The highest BCUT2D eigenvalue weighted by molar-refractivity contribution is 7.80. The van der Waals surface area contributed by atoms with E-state index in [2.05, 4.69) is 64.8 Å². The number of aromatic nitrogens is 2. The number of nitrogens with one attached hydrogen (secondary N) is 1. The van der Waals surface area contributed by atoms with Gasteiger partial charge in [0.05, 0.1) is 17.8 Å². The van der Waals surface area contributed by atoms with E-state index in [1.165, 1.54) is 17.0 Å². The standard InChI is InChI=1S/C24H27ClN4S/c1-4-5-14-28-23(22(27-24(28)30)21-8-6-7-13-26-21)20-15-16(2)29(17(20)3)19-11-9-18(25)10-12-19/h6-13,15,22-23H,4-5,14H2,1-3H3,(H,27,30)/t22-,23-/m1/s1. The van der Waals surface area contributed by atoms with E-state index >= 15 is 0 Å². The molecule has 0 aliphatic carbocycles. The molecule has 0 saturated carbocycles. The lowest BCUT2D eigenvalue weighted by atomic mass is 9.96. The largest absolute Gasteiger partial charge is 0.352 e. The number of unbranched alkanes of at least 4 members (excludes halogenated alkanes) is 1. The predicted molar refractivity (Wildman–Crippen MR) is 127 cm³/mol. The number of rotatable bonds is 6. The molecule has 0 bridgehead atoms. The van der Waals surface area contributed by atoms with Gasteiger partial charge in [0.25, 0.3) is 0 Å². The summed E-state index contributed by atoms with van der Waals surface area (Å²) >= 11 is 11.9. The maximum atomic E-state index is 6.11. The molecule has 6 heteroatoms. The Morgan fingerprint density at radius 1 is 1.13 bits per heavy atom. The Kier molecular flexibility index (Phi) is 6.11. The molecular weight excluding hydrogens is 412 g/mol. The van der Waals surface area contributed by atoms with Gasteiger partial charge < -0.3 is 14.8 Å². The maximum absolute atomic E-state index is 6.11. The van der Waals surface area contributed by atoms with E-state index in [1.54, 1.807) is 0 Å². The second kappa shape index (κ2) is 8.78. The van der Waals surface area contributed by atoms with E-state index in [-0.39, 0.29) is 12.1 Å². The Balaban J connectivity index is 1.81. The average molecular weight is 439 g/mol. The minimum absolute atomic E-state index is 0.0229. The van der Waals surface area contributed by atoms with Gasteiger partial charge in [0.1, 0.15) is 0 Å². The van der Waals surface area contributed by atoms with Crippen molar-refractivity contribution in [3.8, 4) is 5.69 Å². The van der Waals surface area contributed by atoms with Crippen molar-refractivity contribution in [2.24, 2.45) is 0 Å². The number of nitrogens with zero attached hydrogens (tertiary/aromatic N) is 3. The highest BCUT2D eigenvalue weighted by Crippen LogP contribution is 2.41. The van der Waals surface area contributed by atoms with E-state index in [4.69, 9.17) is 23.8 Å². The Labute approximate surface area is 188 Å². The Bertz CT molecular complexity index is 1030. The number of thiocarbonyl (C=S) groups is 1. The van der Waals surface area contributed by atoms with E-state index in [1.807, 2.05) is 30.5 Å². The molecule has 0 radical (unpaired) electrons. The van der Waals surface area contributed by atoms with E-state index in [0.29, 0.717) is 0 Å². The zero-order valence-corrected chi connectivity index (χ0v) is 19.2. The maximum Gasteiger partial charge on any atom is 0.170 e. The summed E-state index contributed by atoms with van der Waals surface area (Å²) in [5.74, 6) is 0. The van der Waals surface area contributed by atoms with Crippen molar-refractivity contribution in [3.63, 3.8) is 0 Å². The first-order valence-electron chi connectivity index (χ1n) is 10.4. The van der Waals surface area contributed by atoms with Crippen LogP contribution in [0, 0.1) is 13.8 Å². The zero-order chi connectivity index (χ0) is 21.3. The van der Waals surface area contributed by atoms with Crippen LogP contribution in [0.15, 0.2) is 54.7 Å². The molecule has 156 valence electrons. The highest BCUT2D eigenvalue weighted by atomic mass is 35.5. The van der Waals surface area contributed by atoms with Crippen LogP contribution in [0.25, 0.3) is 5.69 Å². The van der Waals surface area contributed by atoms with Gasteiger partial charge in [-0.15, -0.1) is 0 Å². The Hall–Kier alpha value is -2.37. The lowest BCUT2D eigenvalue weighted by Gasteiger charge is -2.28. The average Bonchev–Trinajstić information content (AvgIpc) is 3.23. The summed E-state index contributed by atoms with van der Waals surface area (Å²) in [7, 11) is 0. The first-order valence-corrected chi connectivity index (χ1v) is 11.2. The quantitative estimate of drug-likeness (QED) is 0.484. The van der Waals surface area contributed by atoms with Crippen molar-refractivity contribution < 1.29 is 0 Å². The summed E-state index contributed by atoms with van der Waals surface area (Å²) in [4.78, 5) is 6.98. The van der Waals surface area contributed by atoms with Crippen LogP contribution in [-0.2, 0) is 0 Å². The molecule has 0 amide bonds. The van der Waals surface area contributed by atoms with Gasteiger partial charge in [0.2, 0.25) is 0 Å². The fourth-order valence-electron chi connectivity index (χ4n) is 4.39. The van der Waals surface area contributed by atoms with Crippen molar-refractivity contribution >= 4 is 28.9 Å². The number of aryl methyl sites for hydroxylation is 1. The normalized spacial score (nSPS) is 18.7. The smallest absolute Gasteiger partial charge is 0.170 e. The molecule has 3 aromatic rings. The lowest BCUT2D eigenvalue weighted by molar-refractivity contribution is 0.312. The summed E-state index contributed by atoms with van der Waals surface area (Å²) < 4.78 is 2.29. The molecule has 30 heavy (non-hydrogen) atoms. The number of hydrogen-bond acceptors (Lipinski definition) is 2. The van der Waals surface area contributed by atoms with Crippen molar-refractivity contribution in [1.29, 1.82) is 0 Å². The fraction of sp³-hybridized carbons (Fsp3) is 0.333. The van der Waals surface area contributed by atoms with Crippen LogP contribution < -0.4 is 5.32 Å². The van der Waals surface area contributed by atoms with Crippen LogP contribution in [0.4, 0.5) is 0 Å². The molecule has 4 rings (SSSR count). The summed E-state index contributed by atoms with van der Waals surface area (Å²) in [5, 5.41) is 5.10. The van der Waals surface area contributed by atoms with E-state index < -0.39 is 0 Å².